The van der Waals surface area contributed by atoms with Crippen molar-refractivity contribution in [3.05, 3.63) is 85.1 Å². The van der Waals surface area contributed by atoms with Crippen LogP contribution in [0.3, 0.4) is 0 Å². The van der Waals surface area contributed by atoms with Crippen LogP contribution in [0.25, 0.3) is 0 Å². The zero-order valence-electron chi connectivity index (χ0n) is 36.8. The molecule has 6 nitrogen and oxygen atoms in total. The first-order chi connectivity index (χ1) is 28.0. The summed E-state index contributed by atoms with van der Waals surface area (Å²) in [6.45, 7) is 6.34. The zero-order valence-corrected chi connectivity index (χ0v) is 36.8. The molecule has 6 heteroatoms. The summed E-state index contributed by atoms with van der Waals surface area (Å²) in [7, 11) is 0. The molecule has 0 rings (SSSR count). The third kappa shape index (κ3) is 43.6. The molecular weight excluding hydrogens is 709 g/mol. The molecule has 57 heavy (non-hydrogen) atoms. The predicted molar refractivity (Wildman–Crippen MR) is 242 cm³/mol. The topological polar surface area (TPSA) is 78.9 Å². The molecule has 0 aromatic rings. The highest BCUT2D eigenvalue weighted by molar-refractivity contribution is 5.71. The van der Waals surface area contributed by atoms with Crippen molar-refractivity contribution in [2.24, 2.45) is 0 Å². The lowest BCUT2D eigenvalue weighted by molar-refractivity contribution is -0.166. The van der Waals surface area contributed by atoms with Gasteiger partial charge in [0, 0.05) is 19.3 Å². The minimum absolute atomic E-state index is 0.115. The second kappa shape index (κ2) is 45.3. The minimum Gasteiger partial charge on any atom is -0.462 e. The van der Waals surface area contributed by atoms with Gasteiger partial charge in [-0.15, -0.1) is 0 Å². The number of esters is 3. The third-order valence-electron chi connectivity index (χ3n) is 9.46. The van der Waals surface area contributed by atoms with Crippen LogP contribution < -0.4 is 0 Å². The molecule has 0 aromatic heterocycles. The van der Waals surface area contributed by atoms with Crippen molar-refractivity contribution >= 4 is 17.9 Å². The molecule has 0 aromatic carbocycles. The van der Waals surface area contributed by atoms with Crippen molar-refractivity contribution in [1.29, 1.82) is 0 Å². The molecule has 0 aliphatic carbocycles. The molecule has 0 saturated carbocycles. The third-order valence-corrected chi connectivity index (χ3v) is 9.46. The molecule has 1 unspecified atom stereocenters. The van der Waals surface area contributed by atoms with Crippen molar-refractivity contribution in [1.82, 2.24) is 0 Å². The number of unbranched alkanes of at least 4 members (excludes halogenated alkanes) is 18. The van der Waals surface area contributed by atoms with Crippen molar-refractivity contribution in [3.8, 4) is 0 Å². The van der Waals surface area contributed by atoms with E-state index in [2.05, 4.69) is 99.8 Å². The van der Waals surface area contributed by atoms with Gasteiger partial charge in [-0.2, -0.15) is 0 Å². The maximum atomic E-state index is 12.7. The van der Waals surface area contributed by atoms with E-state index in [1.54, 1.807) is 0 Å². The summed E-state index contributed by atoms with van der Waals surface area (Å²) >= 11 is 0. The molecule has 0 saturated heterocycles. The summed E-state index contributed by atoms with van der Waals surface area (Å²) in [5.74, 6) is -1.03. The second-order valence-corrected chi connectivity index (χ2v) is 15.0. The maximum Gasteiger partial charge on any atom is 0.306 e. The second-order valence-electron chi connectivity index (χ2n) is 15.0. The average Bonchev–Trinajstić information content (AvgIpc) is 3.21. The smallest absolute Gasteiger partial charge is 0.306 e. The van der Waals surface area contributed by atoms with Crippen LogP contribution >= 0.6 is 0 Å². The van der Waals surface area contributed by atoms with Crippen LogP contribution in [0.15, 0.2) is 85.1 Å². The molecular formula is C51H84O6. The zero-order chi connectivity index (χ0) is 41.5. The summed E-state index contributed by atoms with van der Waals surface area (Å²) in [5.41, 5.74) is 0. The molecule has 0 aliphatic heterocycles. The first kappa shape index (κ1) is 53.6. The van der Waals surface area contributed by atoms with E-state index < -0.39 is 12.1 Å². The highest BCUT2D eigenvalue weighted by Gasteiger charge is 2.19. The highest BCUT2D eigenvalue weighted by Crippen LogP contribution is 2.12. The number of ether oxygens (including phenoxy) is 3. The van der Waals surface area contributed by atoms with Gasteiger partial charge in [-0.1, -0.05) is 189 Å². The van der Waals surface area contributed by atoms with Crippen LogP contribution in [0.2, 0.25) is 0 Å². The quantitative estimate of drug-likeness (QED) is 0.0202. The fourth-order valence-corrected chi connectivity index (χ4v) is 5.94. The van der Waals surface area contributed by atoms with Crippen LogP contribution in [-0.2, 0) is 28.6 Å². The number of rotatable bonds is 40. The summed E-state index contributed by atoms with van der Waals surface area (Å²) < 4.78 is 16.6. The van der Waals surface area contributed by atoms with E-state index in [4.69, 9.17) is 14.2 Å². The number of hydrogen-bond donors (Lipinski definition) is 0. The van der Waals surface area contributed by atoms with Gasteiger partial charge in [0.2, 0.25) is 0 Å². The Labute approximate surface area is 350 Å². The molecule has 0 bridgehead atoms. The van der Waals surface area contributed by atoms with Crippen LogP contribution in [0.4, 0.5) is 0 Å². The van der Waals surface area contributed by atoms with Crippen molar-refractivity contribution in [3.63, 3.8) is 0 Å². The Balaban J connectivity index is 4.51. The predicted octanol–water partition coefficient (Wildman–Crippen LogP) is 14.9. The summed E-state index contributed by atoms with van der Waals surface area (Å²) in [5, 5.41) is 0. The Morgan fingerprint density at radius 2 is 0.807 bits per heavy atom. The molecule has 0 spiro atoms. The van der Waals surface area contributed by atoms with E-state index in [9.17, 15) is 14.4 Å². The average molecular weight is 793 g/mol. The monoisotopic (exact) mass is 793 g/mol. The Morgan fingerprint density at radius 1 is 0.386 bits per heavy atom. The van der Waals surface area contributed by atoms with Gasteiger partial charge in [0.05, 0.1) is 0 Å². The lowest BCUT2D eigenvalue weighted by Gasteiger charge is -2.18. The summed E-state index contributed by atoms with van der Waals surface area (Å²) in [6, 6.07) is 0. The van der Waals surface area contributed by atoms with Crippen LogP contribution in [0, 0.1) is 0 Å². The Hall–Kier alpha value is -3.41. The standard InChI is InChI=1S/C51H84O6/c1-4-7-10-13-16-19-22-24-25-27-29-32-35-38-41-44-50(53)56-47-48(46-55-49(52)43-40-37-34-31-28-21-18-15-12-9-6-3)57-51(54)45-42-39-36-33-30-26-23-20-17-14-11-8-5-2/h7,10,13,15-16,18-19,21-22,26,28,30,36,39,48H,4-6,8-9,11-12,14,17,20,23-25,27,29,31-35,37-38,40-47H2,1-3H3/b10-7-,16-13-,18-15-,22-19-,28-21-,30-26-,39-36-. The van der Waals surface area contributed by atoms with E-state index in [1.165, 1.54) is 77.0 Å². The van der Waals surface area contributed by atoms with E-state index in [1.807, 2.05) is 6.08 Å². The first-order valence-corrected chi connectivity index (χ1v) is 23.1. The summed E-state index contributed by atoms with van der Waals surface area (Å²) in [6.07, 6.45) is 57.2. The molecule has 0 radical (unpaired) electrons. The molecule has 324 valence electrons. The molecule has 0 fully saturated rings. The van der Waals surface area contributed by atoms with Gasteiger partial charge in [0.1, 0.15) is 13.2 Å². The van der Waals surface area contributed by atoms with E-state index in [0.717, 1.165) is 77.0 Å². The van der Waals surface area contributed by atoms with Crippen LogP contribution in [-0.4, -0.2) is 37.2 Å². The molecule has 0 heterocycles. The molecule has 1 atom stereocenters. The van der Waals surface area contributed by atoms with Crippen molar-refractivity contribution in [2.75, 3.05) is 13.2 Å². The SMILES string of the molecule is CC\C=C/C=C\C=C/CCCCCCCCCC(=O)OCC(COC(=O)CCCCC/C=C\C=C/CCCC)OC(=O)CC/C=C\C/C=C\CCCCCCCC. The van der Waals surface area contributed by atoms with Gasteiger partial charge in [-0.25, -0.2) is 0 Å². The van der Waals surface area contributed by atoms with Crippen LogP contribution in [0.5, 0.6) is 0 Å². The fourth-order valence-electron chi connectivity index (χ4n) is 5.94. The highest BCUT2D eigenvalue weighted by atomic mass is 16.6. The maximum absolute atomic E-state index is 12.7. The Bertz CT molecular complexity index is 1140. The van der Waals surface area contributed by atoms with Gasteiger partial charge in [0.15, 0.2) is 6.10 Å². The lowest BCUT2D eigenvalue weighted by atomic mass is 10.1. The van der Waals surface area contributed by atoms with Crippen molar-refractivity contribution < 1.29 is 28.6 Å². The minimum atomic E-state index is -0.821. The summed E-state index contributed by atoms with van der Waals surface area (Å²) in [4.78, 5) is 37.7. The van der Waals surface area contributed by atoms with Gasteiger partial charge in [-0.3, -0.25) is 14.4 Å². The van der Waals surface area contributed by atoms with E-state index >= 15 is 0 Å². The van der Waals surface area contributed by atoms with Gasteiger partial charge in [0.25, 0.3) is 0 Å². The largest absolute Gasteiger partial charge is 0.462 e. The van der Waals surface area contributed by atoms with Gasteiger partial charge < -0.3 is 14.2 Å². The normalized spacial score (nSPS) is 12.8. The Morgan fingerprint density at radius 3 is 1.35 bits per heavy atom. The number of carbonyl (C=O) groups excluding carboxylic acids is 3. The number of allylic oxidation sites excluding steroid dienone is 14. The van der Waals surface area contributed by atoms with Gasteiger partial charge >= 0.3 is 17.9 Å². The molecule has 0 amide bonds. The lowest BCUT2D eigenvalue weighted by Crippen LogP contribution is -2.30. The number of carbonyl (C=O) groups is 3. The van der Waals surface area contributed by atoms with Crippen LogP contribution in [0.1, 0.15) is 201 Å². The van der Waals surface area contributed by atoms with Crippen molar-refractivity contribution in [2.45, 2.75) is 207 Å². The van der Waals surface area contributed by atoms with Gasteiger partial charge in [-0.05, 0) is 77.0 Å². The van der Waals surface area contributed by atoms with E-state index in [-0.39, 0.29) is 31.6 Å². The fraction of sp³-hybridized carbons (Fsp3) is 0.667. The molecule has 0 N–H and O–H groups in total. The first-order valence-electron chi connectivity index (χ1n) is 23.1. The van der Waals surface area contributed by atoms with E-state index in [0.29, 0.717) is 19.3 Å². The molecule has 0 aliphatic rings. The Kier molecular flexibility index (Phi) is 42.6. The number of hydrogen-bond acceptors (Lipinski definition) is 6.